The molecule has 2 aromatic rings. The third-order valence-corrected chi connectivity index (χ3v) is 3.00. The highest BCUT2D eigenvalue weighted by molar-refractivity contribution is 5.44. The molecule has 102 valence electrons. The zero-order valence-corrected chi connectivity index (χ0v) is 12.2. The Morgan fingerprint density at radius 1 is 0.700 bits per heavy atom. The van der Waals surface area contributed by atoms with Crippen LogP contribution in [0.1, 0.15) is 31.9 Å². The molecule has 0 bridgehead atoms. The number of aliphatic hydroxyl groups is 1. The minimum Gasteiger partial charge on any atom is -0.369 e. The van der Waals surface area contributed by atoms with Crippen LogP contribution in [0.25, 0.3) is 0 Å². The summed E-state index contributed by atoms with van der Waals surface area (Å²) in [7, 11) is 0. The van der Waals surface area contributed by atoms with Crippen molar-refractivity contribution in [1.82, 2.24) is 0 Å². The van der Waals surface area contributed by atoms with Crippen molar-refractivity contribution in [3.05, 3.63) is 71.8 Å². The molecule has 2 aromatic carbocycles. The van der Waals surface area contributed by atoms with Gasteiger partial charge in [0.25, 0.3) is 0 Å². The lowest BCUT2D eigenvalue weighted by molar-refractivity contribution is 0.145. The molecule has 0 radical (unpaired) electrons. The van der Waals surface area contributed by atoms with Gasteiger partial charge >= 0.3 is 0 Å². The van der Waals surface area contributed by atoms with Crippen molar-refractivity contribution in [3.8, 4) is 11.8 Å². The smallest absolute Gasteiger partial charge is 0.176 e. The summed E-state index contributed by atoms with van der Waals surface area (Å²) in [5.41, 5.74) is 0.166. The lowest BCUT2D eigenvalue weighted by Gasteiger charge is -2.24. The predicted molar refractivity (Wildman–Crippen MR) is 83.1 cm³/mol. The van der Waals surface area contributed by atoms with Crippen LogP contribution in [-0.4, -0.2) is 5.11 Å². The molecule has 1 N–H and O–H groups in total. The topological polar surface area (TPSA) is 20.2 Å². The number of hydrogen-bond acceptors (Lipinski definition) is 1. The number of hydrogen-bond donors (Lipinski definition) is 1. The highest BCUT2D eigenvalue weighted by Crippen LogP contribution is 2.29. The summed E-state index contributed by atoms with van der Waals surface area (Å²) in [6.07, 6.45) is 0. The Morgan fingerprint density at radius 2 is 1.10 bits per heavy atom. The van der Waals surface area contributed by atoms with Gasteiger partial charge in [-0.1, -0.05) is 72.5 Å². The van der Waals surface area contributed by atoms with Crippen LogP contribution in [0, 0.1) is 17.3 Å². The second kappa shape index (κ2) is 5.53. The summed E-state index contributed by atoms with van der Waals surface area (Å²) in [5.74, 6) is 6.23. The van der Waals surface area contributed by atoms with E-state index in [0.717, 1.165) is 11.1 Å². The molecule has 20 heavy (non-hydrogen) atoms. The van der Waals surface area contributed by atoms with Crippen molar-refractivity contribution in [2.45, 2.75) is 26.4 Å². The van der Waals surface area contributed by atoms with Crippen LogP contribution < -0.4 is 0 Å². The molecule has 1 heteroatoms. The van der Waals surface area contributed by atoms with E-state index < -0.39 is 5.60 Å². The second-order valence-corrected chi connectivity index (χ2v) is 5.94. The maximum Gasteiger partial charge on any atom is 0.176 e. The lowest BCUT2D eigenvalue weighted by Crippen LogP contribution is -2.25. The van der Waals surface area contributed by atoms with E-state index in [0.29, 0.717) is 0 Å². The Morgan fingerprint density at radius 3 is 1.45 bits per heavy atom. The predicted octanol–water partition coefficient (Wildman–Crippen LogP) is 3.97. The normalized spacial score (nSPS) is 11.6. The van der Waals surface area contributed by atoms with Gasteiger partial charge in [0.05, 0.1) is 0 Å². The van der Waals surface area contributed by atoms with Crippen molar-refractivity contribution in [2.75, 3.05) is 0 Å². The van der Waals surface area contributed by atoms with Crippen LogP contribution in [0.3, 0.4) is 0 Å². The molecule has 0 saturated heterocycles. The van der Waals surface area contributed by atoms with Crippen molar-refractivity contribution >= 4 is 0 Å². The van der Waals surface area contributed by atoms with E-state index in [1.165, 1.54) is 0 Å². The molecular weight excluding hydrogens is 244 g/mol. The Balaban J connectivity index is 2.58. The van der Waals surface area contributed by atoms with E-state index in [2.05, 4.69) is 11.8 Å². The first-order chi connectivity index (χ1) is 9.42. The van der Waals surface area contributed by atoms with E-state index in [-0.39, 0.29) is 5.41 Å². The maximum atomic E-state index is 11.1. The molecule has 0 aromatic heterocycles. The van der Waals surface area contributed by atoms with E-state index in [4.69, 9.17) is 0 Å². The molecule has 0 amide bonds. The molecule has 0 aliphatic rings. The summed E-state index contributed by atoms with van der Waals surface area (Å²) >= 11 is 0. The summed E-state index contributed by atoms with van der Waals surface area (Å²) in [6.45, 7) is 6.11. The summed E-state index contributed by atoms with van der Waals surface area (Å²) in [5, 5.41) is 11.1. The molecule has 0 saturated carbocycles. The zero-order valence-electron chi connectivity index (χ0n) is 12.2. The van der Waals surface area contributed by atoms with Crippen LogP contribution in [0.2, 0.25) is 0 Å². The molecule has 1 nitrogen and oxygen atoms in total. The van der Waals surface area contributed by atoms with Gasteiger partial charge in [-0.25, -0.2) is 0 Å². The third-order valence-electron chi connectivity index (χ3n) is 3.00. The summed E-state index contributed by atoms with van der Waals surface area (Å²) in [6, 6.07) is 19.2. The summed E-state index contributed by atoms with van der Waals surface area (Å²) in [4.78, 5) is 0. The Hall–Kier alpha value is -2.04. The van der Waals surface area contributed by atoms with Crippen molar-refractivity contribution in [1.29, 1.82) is 0 Å². The van der Waals surface area contributed by atoms with Gasteiger partial charge in [-0.3, -0.25) is 0 Å². The Bertz CT molecular complexity index is 570. The summed E-state index contributed by atoms with van der Waals surface area (Å²) < 4.78 is 0. The molecule has 0 fully saturated rings. The molecule has 0 spiro atoms. The van der Waals surface area contributed by atoms with Gasteiger partial charge in [0.1, 0.15) is 0 Å². The molecule has 0 aliphatic heterocycles. The molecule has 0 aliphatic carbocycles. The molecule has 2 rings (SSSR count). The van der Waals surface area contributed by atoms with E-state index in [9.17, 15) is 5.11 Å². The van der Waals surface area contributed by atoms with Gasteiger partial charge in [0.15, 0.2) is 5.60 Å². The van der Waals surface area contributed by atoms with Crippen molar-refractivity contribution in [2.24, 2.45) is 5.41 Å². The van der Waals surface area contributed by atoms with Gasteiger partial charge in [0, 0.05) is 16.5 Å². The molecule has 0 unspecified atom stereocenters. The average molecular weight is 264 g/mol. The van der Waals surface area contributed by atoms with Crippen LogP contribution in [0.15, 0.2) is 60.7 Å². The zero-order chi connectivity index (χ0) is 14.6. The van der Waals surface area contributed by atoms with Gasteiger partial charge in [-0.15, -0.1) is 0 Å². The second-order valence-electron chi connectivity index (χ2n) is 5.94. The van der Waals surface area contributed by atoms with E-state index in [1.807, 2.05) is 81.4 Å². The lowest BCUT2D eigenvalue weighted by atomic mass is 9.85. The van der Waals surface area contributed by atoms with Crippen molar-refractivity contribution < 1.29 is 5.11 Å². The first-order valence-corrected chi connectivity index (χ1v) is 6.79. The van der Waals surface area contributed by atoms with E-state index in [1.54, 1.807) is 0 Å². The highest BCUT2D eigenvalue weighted by Gasteiger charge is 2.29. The Kier molecular flexibility index (Phi) is 3.97. The highest BCUT2D eigenvalue weighted by atomic mass is 16.3. The first kappa shape index (κ1) is 14.4. The number of rotatable bonds is 2. The van der Waals surface area contributed by atoms with Gasteiger partial charge < -0.3 is 5.11 Å². The fourth-order valence-electron chi connectivity index (χ4n) is 1.95. The first-order valence-electron chi connectivity index (χ1n) is 6.79. The minimum atomic E-state index is -1.27. The fourth-order valence-corrected chi connectivity index (χ4v) is 1.95. The SMILES string of the molecule is CC(C)(C)C#CC(O)(c1ccccc1)c1ccccc1. The van der Waals surface area contributed by atoms with Gasteiger partial charge in [0.2, 0.25) is 0 Å². The average Bonchev–Trinajstić information content (AvgIpc) is 2.46. The fraction of sp³-hybridized carbons (Fsp3) is 0.263. The van der Waals surface area contributed by atoms with Crippen LogP contribution in [0.5, 0.6) is 0 Å². The van der Waals surface area contributed by atoms with Crippen LogP contribution in [0.4, 0.5) is 0 Å². The van der Waals surface area contributed by atoms with E-state index >= 15 is 0 Å². The quantitative estimate of drug-likeness (QED) is 0.814. The third kappa shape index (κ3) is 3.29. The van der Waals surface area contributed by atoms with Gasteiger partial charge in [-0.2, -0.15) is 0 Å². The standard InChI is InChI=1S/C19H20O/c1-18(2,3)14-15-19(20,16-10-6-4-7-11-16)17-12-8-5-9-13-17/h4-13,20H,1-3H3. The number of benzene rings is 2. The molecule has 0 heterocycles. The monoisotopic (exact) mass is 264 g/mol. The van der Waals surface area contributed by atoms with Crippen LogP contribution >= 0.6 is 0 Å². The maximum absolute atomic E-state index is 11.1. The van der Waals surface area contributed by atoms with Crippen LogP contribution in [-0.2, 0) is 5.60 Å². The largest absolute Gasteiger partial charge is 0.369 e. The molecule has 0 atom stereocenters. The van der Waals surface area contributed by atoms with Gasteiger partial charge in [-0.05, 0) is 20.8 Å². The Labute approximate surface area is 121 Å². The minimum absolute atomic E-state index is 0.155. The van der Waals surface area contributed by atoms with Crippen molar-refractivity contribution in [3.63, 3.8) is 0 Å². The molecular formula is C19H20O.